The van der Waals surface area contributed by atoms with E-state index in [2.05, 4.69) is 21.1 Å². The number of ether oxygens (including phenoxy) is 1. The molecule has 0 radical (unpaired) electrons. The van der Waals surface area contributed by atoms with Gasteiger partial charge in [-0.1, -0.05) is 24.4 Å². The molecule has 1 aromatic rings. The highest BCUT2D eigenvalue weighted by Crippen LogP contribution is 2.40. The molecule has 0 aromatic carbocycles. The molecule has 3 fully saturated rings. The molecular weight excluding hydrogens is 435 g/mol. The topological polar surface area (TPSA) is 84.5 Å². The minimum absolute atomic E-state index is 0.0631. The molecule has 1 aliphatic carbocycles. The van der Waals surface area contributed by atoms with Crippen molar-refractivity contribution < 1.29 is 18.8 Å². The molecule has 7 nitrogen and oxygen atoms in total. The fourth-order valence-electron chi connectivity index (χ4n) is 5.01. The van der Waals surface area contributed by atoms with Gasteiger partial charge in [-0.15, -0.1) is 0 Å². The van der Waals surface area contributed by atoms with E-state index in [1.807, 2.05) is 0 Å². The standard InChI is InChI=1S/C23H32ClFN4O3/c24-18-12-16(13-19(25)22(30)29-32-20-8-3-4-11-31-20)14-27-21(18)28-23(9-5-10-26-15-23)17-6-1-2-7-17/h12-14,17,20,26H,1-11,15H2,(H,27,28)(H,29,30)/b19-13-/t20?,23-/m0/s1. The number of carbonyl (C=O) groups excluding carboxylic acids is 1. The van der Waals surface area contributed by atoms with Gasteiger partial charge in [-0.2, -0.15) is 0 Å². The average Bonchev–Trinajstić information content (AvgIpc) is 3.36. The van der Waals surface area contributed by atoms with Gasteiger partial charge >= 0.3 is 5.91 Å². The quantitative estimate of drug-likeness (QED) is 0.409. The first kappa shape index (κ1) is 23.4. The molecule has 0 bridgehead atoms. The number of hydrogen-bond acceptors (Lipinski definition) is 6. The highest BCUT2D eigenvalue weighted by molar-refractivity contribution is 6.33. The minimum Gasteiger partial charge on any atom is -0.362 e. The second-order valence-electron chi connectivity index (χ2n) is 8.98. The third-order valence-corrected chi connectivity index (χ3v) is 7.00. The number of nitrogens with zero attached hydrogens (tertiary/aromatic N) is 1. The molecule has 9 heteroatoms. The third kappa shape index (κ3) is 5.78. The summed E-state index contributed by atoms with van der Waals surface area (Å²) >= 11 is 6.50. The number of hydrogen-bond donors (Lipinski definition) is 3. The van der Waals surface area contributed by atoms with Crippen molar-refractivity contribution in [1.82, 2.24) is 15.8 Å². The largest absolute Gasteiger partial charge is 0.362 e. The number of anilines is 1. The maximum absolute atomic E-state index is 14.3. The zero-order valence-corrected chi connectivity index (χ0v) is 19.1. The monoisotopic (exact) mass is 466 g/mol. The van der Waals surface area contributed by atoms with Gasteiger partial charge in [-0.05, 0) is 68.7 Å². The van der Waals surface area contributed by atoms with Crippen molar-refractivity contribution in [2.24, 2.45) is 5.92 Å². The van der Waals surface area contributed by atoms with Gasteiger partial charge in [0.1, 0.15) is 5.82 Å². The highest BCUT2D eigenvalue weighted by Gasteiger charge is 2.41. The summed E-state index contributed by atoms with van der Waals surface area (Å²) in [5.74, 6) is -0.770. The molecule has 1 unspecified atom stereocenters. The molecule has 2 saturated heterocycles. The summed E-state index contributed by atoms with van der Waals surface area (Å²) in [6.07, 6.45) is 11.8. The Hall–Kier alpha value is -1.74. The summed E-state index contributed by atoms with van der Waals surface area (Å²) in [7, 11) is 0. The number of piperidine rings is 1. The maximum atomic E-state index is 14.3. The van der Waals surface area contributed by atoms with Crippen LogP contribution < -0.4 is 16.1 Å². The van der Waals surface area contributed by atoms with Crippen LogP contribution in [-0.2, 0) is 14.4 Å². The first-order chi connectivity index (χ1) is 15.6. The van der Waals surface area contributed by atoms with Crippen LogP contribution in [0.4, 0.5) is 10.2 Å². The van der Waals surface area contributed by atoms with Gasteiger partial charge in [0.05, 0.1) is 10.6 Å². The van der Waals surface area contributed by atoms with Gasteiger partial charge < -0.3 is 15.4 Å². The summed E-state index contributed by atoms with van der Waals surface area (Å²) in [4.78, 5) is 21.6. The predicted octanol–water partition coefficient (Wildman–Crippen LogP) is 4.34. The molecule has 2 aliphatic heterocycles. The van der Waals surface area contributed by atoms with Gasteiger partial charge in [0.2, 0.25) is 0 Å². The lowest BCUT2D eigenvalue weighted by molar-refractivity contribution is -0.199. The molecule has 3 heterocycles. The van der Waals surface area contributed by atoms with Crippen LogP contribution in [0.5, 0.6) is 0 Å². The van der Waals surface area contributed by atoms with E-state index in [4.69, 9.17) is 21.2 Å². The van der Waals surface area contributed by atoms with Crippen LogP contribution >= 0.6 is 11.6 Å². The van der Waals surface area contributed by atoms with Gasteiger partial charge in [0.15, 0.2) is 12.1 Å². The van der Waals surface area contributed by atoms with Crippen LogP contribution in [0.15, 0.2) is 18.1 Å². The van der Waals surface area contributed by atoms with Crippen molar-refractivity contribution in [3.05, 3.63) is 28.7 Å². The van der Waals surface area contributed by atoms with Crippen LogP contribution in [0.25, 0.3) is 6.08 Å². The predicted molar refractivity (Wildman–Crippen MR) is 122 cm³/mol. The summed E-state index contributed by atoms with van der Waals surface area (Å²) < 4.78 is 19.7. The van der Waals surface area contributed by atoms with Crippen LogP contribution in [0.1, 0.15) is 63.4 Å². The van der Waals surface area contributed by atoms with Crippen molar-refractivity contribution in [3.63, 3.8) is 0 Å². The Labute approximate surface area is 193 Å². The van der Waals surface area contributed by atoms with Crippen molar-refractivity contribution in [1.29, 1.82) is 0 Å². The Morgan fingerprint density at radius 1 is 1.28 bits per heavy atom. The molecule has 2 atom stereocenters. The number of rotatable bonds is 7. The molecule has 32 heavy (non-hydrogen) atoms. The summed E-state index contributed by atoms with van der Waals surface area (Å²) in [6, 6.07) is 1.62. The van der Waals surface area contributed by atoms with Crippen LogP contribution in [0.2, 0.25) is 5.02 Å². The number of hydroxylamine groups is 1. The SMILES string of the molecule is O=C(NOC1CCCCO1)/C(F)=C/c1cnc(N[C@@]2(C3CCCC3)CCCNC2)c(Cl)c1. The number of carbonyl (C=O) groups is 1. The zero-order valence-electron chi connectivity index (χ0n) is 18.3. The first-order valence-corrected chi connectivity index (χ1v) is 12.0. The normalized spacial score (nSPS) is 27.3. The molecule has 1 saturated carbocycles. The lowest BCUT2D eigenvalue weighted by Gasteiger charge is -2.44. The van der Waals surface area contributed by atoms with E-state index in [0.717, 1.165) is 44.8 Å². The lowest BCUT2D eigenvalue weighted by Crippen LogP contribution is -2.55. The molecule has 3 N–H and O–H groups in total. The second kappa shape index (κ2) is 10.9. The van der Waals surface area contributed by atoms with E-state index < -0.39 is 18.0 Å². The fourth-order valence-corrected chi connectivity index (χ4v) is 5.23. The van der Waals surface area contributed by atoms with E-state index >= 15 is 0 Å². The molecule has 4 rings (SSSR count). The Morgan fingerprint density at radius 3 is 2.78 bits per heavy atom. The molecule has 176 valence electrons. The number of pyridine rings is 1. The Kier molecular flexibility index (Phi) is 7.99. The fraction of sp³-hybridized carbons (Fsp3) is 0.652. The Balaban J connectivity index is 1.40. The first-order valence-electron chi connectivity index (χ1n) is 11.6. The zero-order chi connectivity index (χ0) is 22.4. The number of halogens is 2. The van der Waals surface area contributed by atoms with E-state index in [0.29, 0.717) is 35.3 Å². The van der Waals surface area contributed by atoms with Gasteiger partial charge in [-0.3, -0.25) is 4.79 Å². The van der Waals surface area contributed by atoms with Crippen molar-refractivity contribution >= 4 is 29.4 Å². The van der Waals surface area contributed by atoms with Gasteiger partial charge in [-0.25, -0.2) is 19.7 Å². The van der Waals surface area contributed by atoms with Gasteiger partial charge in [0, 0.05) is 25.8 Å². The molecule has 1 aromatic heterocycles. The summed E-state index contributed by atoms with van der Waals surface area (Å²) in [6.45, 7) is 2.48. The average molecular weight is 467 g/mol. The smallest absolute Gasteiger partial charge is 0.303 e. The molecular formula is C23H32ClFN4O3. The van der Waals surface area contributed by atoms with E-state index in [9.17, 15) is 9.18 Å². The molecule has 3 aliphatic rings. The van der Waals surface area contributed by atoms with E-state index in [1.165, 1.54) is 31.9 Å². The Morgan fingerprint density at radius 2 is 2.09 bits per heavy atom. The Bertz CT molecular complexity index is 819. The summed E-state index contributed by atoms with van der Waals surface area (Å²) in [5.41, 5.74) is 2.45. The van der Waals surface area contributed by atoms with Crippen LogP contribution in [0.3, 0.4) is 0 Å². The van der Waals surface area contributed by atoms with Gasteiger partial charge in [0.25, 0.3) is 0 Å². The van der Waals surface area contributed by atoms with Crippen LogP contribution in [-0.4, -0.2) is 42.4 Å². The summed E-state index contributed by atoms with van der Waals surface area (Å²) in [5, 5.41) is 7.56. The van der Waals surface area contributed by atoms with Crippen molar-refractivity contribution in [3.8, 4) is 0 Å². The number of amides is 1. The number of nitrogens with one attached hydrogen (secondary N) is 3. The maximum Gasteiger partial charge on any atom is 0.303 e. The van der Waals surface area contributed by atoms with E-state index in [1.54, 1.807) is 6.07 Å². The van der Waals surface area contributed by atoms with Crippen molar-refractivity contribution in [2.45, 2.75) is 69.6 Å². The minimum atomic E-state index is -0.988. The molecule has 0 spiro atoms. The van der Waals surface area contributed by atoms with E-state index in [-0.39, 0.29) is 5.54 Å². The molecule has 1 amide bonds. The third-order valence-electron chi connectivity index (χ3n) is 6.71. The number of aromatic nitrogens is 1. The second-order valence-corrected chi connectivity index (χ2v) is 9.39. The van der Waals surface area contributed by atoms with Crippen LogP contribution in [0, 0.1) is 5.92 Å². The van der Waals surface area contributed by atoms with Crippen molar-refractivity contribution in [2.75, 3.05) is 25.0 Å². The lowest BCUT2D eigenvalue weighted by atomic mass is 9.77. The highest BCUT2D eigenvalue weighted by atomic mass is 35.5.